The van der Waals surface area contributed by atoms with Gasteiger partial charge in [-0.3, -0.25) is 14.3 Å². The van der Waals surface area contributed by atoms with E-state index in [9.17, 15) is 9.59 Å². The lowest BCUT2D eigenvalue weighted by molar-refractivity contribution is 0.725. The highest BCUT2D eigenvalue weighted by Crippen LogP contribution is 2.26. The SMILES string of the molecule is Cn1c(=O)[nH]c(=O)c2c1nc(Sc1ncccn1)n2Cc1ccccc1. The van der Waals surface area contributed by atoms with Crippen molar-refractivity contribution in [3.8, 4) is 0 Å². The Bertz CT molecular complexity index is 1180. The smallest absolute Gasteiger partial charge is 0.308 e. The molecule has 8 nitrogen and oxygen atoms in total. The fraction of sp³-hybridized carbons (Fsp3) is 0.118. The number of aryl methyl sites for hydroxylation is 1. The molecule has 3 heterocycles. The summed E-state index contributed by atoms with van der Waals surface area (Å²) in [6.07, 6.45) is 3.28. The lowest BCUT2D eigenvalue weighted by Gasteiger charge is -2.08. The van der Waals surface area contributed by atoms with E-state index in [1.807, 2.05) is 30.3 Å². The van der Waals surface area contributed by atoms with Crippen molar-refractivity contribution >= 4 is 22.9 Å². The molecule has 0 atom stereocenters. The summed E-state index contributed by atoms with van der Waals surface area (Å²) < 4.78 is 3.11. The van der Waals surface area contributed by atoms with Crippen LogP contribution in [0.15, 0.2) is 68.7 Å². The summed E-state index contributed by atoms with van der Waals surface area (Å²) in [5, 5.41) is 1.06. The number of hydrogen-bond acceptors (Lipinski definition) is 6. The van der Waals surface area contributed by atoms with Gasteiger partial charge >= 0.3 is 5.69 Å². The molecule has 26 heavy (non-hydrogen) atoms. The first-order valence-corrected chi connectivity index (χ1v) is 8.63. The second kappa shape index (κ2) is 6.60. The Balaban J connectivity index is 1.93. The molecule has 0 radical (unpaired) electrons. The van der Waals surface area contributed by atoms with Crippen molar-refractivity contribution in [2.24, 2.45) is 7.05 Å². The van der Waals surface area contributed by atoms with E-state index in [0.29, 0.717) is 28.0 Å². The van der Waals surface area contributed by atoms with E-state index in [2.05, 4.69) is 19.9 Å². The molecule has 0 aliphatic carbocycles. The number of H-pyrrole nitrogens is 1. The zero-order valence-electron chi connectivity index (χ0n) is 13.8. The number of imidazole rings is 1. The largest absolute Gasteiger partial charge is 0.329 e. The van der Waals surface area contributed by atoms with Crippen LogP contribution in [0, 0.1) is 0 Å². The minimum atomic E-state index is -0.501. The molecule has 0 bridgehead atoms. The average molecular weight is 366 g/mol. The van der Waals surface area contributed by atoms with E-state index in [-0.39, 0.29) is 0 Å². The third-order valence-corrected chi connectivity index (χ3v) is 4.77. The molecule has 9 heteroatoms. The van der Waals surface area contributed by atoms with Crippen LogP contribution in [0.3, 0.4) is 0 Å². The second-order valence-corrected chi connectivity index (χ2v) is 6.52. The van der Waals surface area contributed by atoms with Gasteiger partial charge in [-0.15, -0.1) is 0 Å². The summed E-state index contributed by atoms with van der Waals surface area (Å²) in [4.78, 5) is 39.6. The molecule has 130 valence electrons. The number of fused-ring (bicyclic) bond motifs is 1. The molecule has 0 saturated carbocycles. The molecular weight excluding hydrogens is 352 g/mol. The number of aromatic amines is 1. The van der Waals surface area contributed by atoms with Gasteiger partial charge in [0.2, 0.25) is 0 Å². The summed E-state index contributed by atoms with van der Waals surface area (Å²) >= 11 is 1.24. The molecule has 0 saturated heterocycles. The number of nitrogens with zero attached hydrogens (tertiary/aromatic N) is 5. The summed E-state index contributed by atoms with van der Waals surface area (Å²) in [7, 11) is 1.58. The average Bonchev–Trinajstić information content (AvgIpc) is 3.00. The van der Waals surface area contributed by atoms with Crippen molar-refractivity contribution in [2.45, 2.75) is 16.9 Å². The molecule has 0 amide bonds. The van der Waals surface area contributed by atoms with Gasteiger partial charge in [0.05, 0.1) is 6.54 Å². The van der Waals surface area contributed by atoms with Crippen LogP contribution in [0.2, 0.25) is 0 Å². The lowest BCUT2D eigenvalue weighted by atomic mass is 10.2. The Morgan fingerprint density at radius 2 is 1.81 bits per heavy atom. The highest BCUT2D eigenvalue weighted by Gasteiger charge is 2.19. The maximum atomic E-state index is 12.5. The first-order chi connectivity index (χ1) is 12.6. The van der Waals surface area contributed by atoms with Crippen LogP contribution in [0.4, 0.5) is 0 Å². The molecule has 0 aliphatic heterocycles. The predicted molar refractivity (Wildman–Crippen MR) is 97.3 cm³/mol. The van der Waals surface area contributed by atoms with Gasteiger partial charge in [-0.1, -0.05) is 30.3 Å². The minimum Gasteiger partial charge on any atom is -0.308 e. The van der Waals surface area contributed by atoms with Crippen molar-refractivity contribution < 1.29 is 0 Å². The van der Waals surface area contributed by atoms with Crippen molar-refractivity contribution in [2.75, 3.05) is 0 Å². The topological polar surface area (TPSA) is 98.5 Å². The van der Waals surface area contributed by atoms with Crippen molar-refractivity contribution in [3.05, 3.63) is 75.2 Å². The third-order valence-electron chi connectivity index (χ3n) is 3.88. The highest BCUT2D eigenvalue weighted by atomic mass is 32.2. The normalized spacial score (nSPS) is 11.1. The zero-order chi connectivity index (χ0) is 18.1. The molecule has 1 aromatic carbocycles. The molecule has 0 unspecified atom stereocenters. The molecule has 1 N–H and O–H groups in total. The van der Waals surface area contributed by atoms with Gasteiger partial charge in [0, 0.05) is 19.4 Å². The number of rotatable bonds is 4. The fourth-order valence-electron chi connectivity index (χ4n) is 2.62. The summed E-state index contributed by atoms with van der Waals surface area (Å²) in [5.41, 5.74) is 0.713. The summed E-state index contributed by atoms with van der Waals surface area (Å²) in [6.45, 7) is 0.438. The first-order valence-electron chi connectivity index (χ1n) is 7.82. The van der Waals surface area contributed by atoms with Gasteiger partial charge in [-0.05, 0) is 23.4 Å². The molecule has 4 rings (SSSR count). The van der Waals surface area contributed by atoms with Crippen LogP contribution < -0.4 is 11.2 Å². The van der Waals surface area contributed by atoms with Crippen molar-refractivity contribution in [1.29, 1.82) is 0 Å². The Morgan fingerprint density at radius 1 is 1.08 bits per heavy atom. The summed E-state index contributed by atoms with van der Waals surface area (Å²) in [5.74, 6) is 0. The third kappa shape index (κ3) is 2.93. The van der Waals surface area contributed by atoms with E-state index in [1.165, 1.54) is 16.3 Å². The Hall–Kier alpha value is -3.20. The summed E-state index contributed by atoms with van der Waals surface area (Å²) in [6, 6.07) is 11.5. The van der Waals surface area contributed by atoms with Gasteiger partial charge in [0.1, 0.15) is 0 Å². The Morgan fingerprint density at radius 3 is 2.54 bits per heavy atom. The molecule has 4 aromatic rings. The molecule has 0 aliphatic rings. The van der Waals surface area contributed by atoms with E-state index < -0.39 is 11.2 Å². The quantitative estimate of drug-likeness (QED) is 0.549. The molecular formula is C17H14N6O2S. The highest BCUT2D eigenvalue weighted by molar-refractivity contribution is 7.99. The van der Waals surface area contributed by atoms with Gasteiger partial charge in [0.25, 0.3) is 5.56 Å². The molecule has 0 spiro atoms. The van der Waals surface area contributed by atoms with E-state index in [4.69, 9.17) is 0 Å². The standard InChI is InChI=1S/C17H14N6O2S/c1-22-13-12(14(24)21-16(22)25)23(10-11-6-3-2-4-7-11)17(20-13)26-15-18-8-5-9-19-15/h2-9H,10H2,1H3,(H,21,24,25). The number of nitrogens with one attached hydrogen (secondary N) is 1. The minimum absolute atomic E-state index is 0.327. The van der Waals surface area contributed by atoms with Crippen LogP contribution >= 0.6 is 11.8 Å². The maximum Gasteiger partial charge on any atom is 0.329 e. The van der Waals surface area contributed by atoms with E-state index >= 15 is 0 Å². The van der Waals surface area contributed by atoms with Gasteiger partial charge in [0.15, 0.2) is 21.5 Å². The fourth-order valence-corrected chi connectivity index (χ4v) is 3.41. The lowest BCUT2D eigenvalue weighted by Crippen LogP contribution is -2.29. The predicted octanol–water partition coefficient (Wildman–Crippen LogP) is 1.41. The number of aromatic nitrogens is 6. The van der Waals surface area contributed by atoms with Crippen LogP contribution in [-0.2, 0) is 13.6 Å². The van der Waals surface area contributed by atoms with Crippen LogP contribution in [0.1, 0.15) is 5.56 Å². The zero-order valence-corrected chi connectivity index (χ0v) is 14.6. The van der Waals surface area contributed by atoms with Crippen molar-refractivity contribution in [3.63, 3.8) is 0 Å². The molecule has 0 fully saturated rings. The van der Waals surface area contributed by atoms with Gasteiger partial charge < -0.3 is 4.57 Å². The maximum absolute atomic E-state index is 12.5. The van der Waals surface area contributed by atoms with Crippen LogP contribution in [0.25, 0.3) is 11.2 Å². The second-order valence-electron chi connectivity index (χ2n) is 5.59. The van der Waals surface area contributed by atoms with Crippen LogP contribution in [-0.4, -0.2) is 29.1 Å². The molecule has 3 aromatic heterocycles. The first kappa shape index (κ1) is 16.3. The van der Waals surface area contributed by atoms with Gasteiger partial charge in [-0.2, -0.15) is 0 Å². The van der Waals surface area contributed by atoms with Gasteiger partial charge in [-0.25, -0.2) is 19.7 Å². The monoisotopic (exact) mass is 366 g/mol. The number of benzene rings is 1. The van der Waals surface area contributed by atoms with E-state index in [1.54, 1.807) is 30.1 Å². The van der Waals surface area contributed by atoms with E-state index in [0.717, 1.165) is 5.56 Å². The Labute approximate surface area is 151 Å². The Kier molecular flexibility index (Phi) is 4.13. The van der Waals surface area contributed by atoms with Crippen molar-refractivity contribution in [1.82, 2.24) is 29.1 Å². The van der Waals surface area contributed by atoms with Crippen LogP contribution in [0.5, 0.6) is 0 Å². The number of hydrogen-bond donors (Lipinski definition) is 1.